The molecule has 1 aromatic rings. The van der Waals surface area contributed by atoms with Gasteiger partial charge >= 0.3 is 0 Å². The number of rotatable bonds is 5. The Kier molecular flexibility index (Phi) is 7.24. The summed E-state index contributed by atoms with van der Waals surface area (Å²) < 4.78 is 0. The number of fused-ring (bicyclic) bond motifs is 1. The van der Waals surface area contributed by atoms with Gasteiger partial charge in [-0.05, 0) is 36.5 Å². The summed E-state index contributed by atoms with van der Waals surface area (Å²) in [7, 11) is 0. The van der Waals surface area contributed by atoms with Crippen LogP contribution >= 0.6 is 0 Å². The first-order valence-corrected chi connectivity index (χ1v) is 10.6. The van der Waals surface area contributed by atoms with Crippen molar-refractivity contribution in [3.63, 3.8) is 0 Å². The van der Waals surface area contributed by atoms with Crippen LogP contribution in [0.5, 0.6) is 0 Å². The summed E-state index contributed by atoms with van der Waals surface area (Å²) in [5.74, 6) is 6.75. The van der Waals surface area contributed by atoms with Crippen molar-refractivity contribution >= 4 is 17.5 Å². The lowest BCUT2D eigenvalue weighted by Crippen LogP contribution is -2.29. The van der Waals surface area contributed by atoms with E-state index in [1.54, 1.807) is 18.2 Å². The van der Waals surface area contributed by atoms with Crippen LogP contribution in [0.15, 0.2) is 53.2 Å². The normalized spacial score (nSPS) is 22.5. The van der Waals surface area contributed by atoms with Crippen LogP contribution in [0.2, 0.25) is 0 Å². The maximum atomic E-state index is 12.7. The van der Waals surface area contributed by atoms with E-state index < -0.39 is 5.91 Å². The van der Waals surface area contributed by atoms with Crippen LogP contribution in [0.4, 0.5) is 0 Å². The van der Waals surface area contributed by atoms with Crippen molar-refractivity contribution in [1.29, 1.82) is 0 Å². The minimum Gasteiger partial charge on any atom is -0.366 e. The summed E-state index contributed by atoms with van der Waals surface area (Å²) >= 11 is 0. The van der Waals surface area contributed by atoms with Gasteiger partial charge in [0, 0.05) is 42.5 Å². The van der Waals surface area contributed by atoms with E-state index in [0.717, 1.165) is 37.0 Å². The van der Waals surface area contributed by atoms with Crippen LogP contribution in [0.3, 0.4) is 0 Å². The first-order valence-electron chi connectivity index (χ1n) is 10.6. The number of allylic oxidation sites excluding steroid dienone is 3. The van der Waals surface area contributed by atoms with Gasteiger partial charge in [-0.1, -0.05) is 50.1 Å². The quantitative estimate of drug-likeness (QED) is 0.579. The number of benzene rings is 1. The molecule has 0 radical (unpaired) electrons. The molecular formula is C25H29N3O2. The number of carbonyl (C=O) groups excluding carboxylic acids is 2. The Bertz CT molecular complexity index is 962. The molecule has 2 amide bonds. The number of aliphatic imine (C=N–C) groups is 1. The smallest absolute Gasteiger partial charge is 0.269 e. The van der Waals surface area contributed by atoms with Gasteiger partial charge in [-0.15, -0.1) is 5.92 Å². The molecule has 1 aliphatic heterocycles. The summed E-state index contributed by atoms with van der Waals surface area (Å²) in [6.45, 7) is 4.64. The topological polar surface area (TPSA) is 84.5 Å². The Morgan fingerprint density at radius 2 is 2.13 bits per heavy atom. The molecule has 0 saturated heterocycles. The fourth-order valence-corrected chi connectivity index (χ4v) is 3.79. The van der Waals surface area contributed by atoms with E-state index in [1.807, 2.05) is 12.1 Å². The lowest BCUT2D eigenvalue weighted by molar-refractivity contribution is -0.117. The van der Waals surface area contributed by atoms with Crippen LogP contribution in [0.25, 0.3) is 0 Å². The number of hydrogen-bond acceptors (Lipinski definition) is 3. The average molecular weight is 404 g/mol. The van der Waals surface area contributed by atoms with Crippen molar-refractivity contribution in [2.75, 3.05) is 0 Å². The van der Waals surface area contributed by atoms with Gasteiger partial charge in [-0.2, -0.15) is 0 Å². The van der Waals surface area contributed by atoms with Crippen LogP contribution in [0.1, 0.15) is 55.5 Å². The zero-order valence-corrected chi connectivity index (χ0v) is 17.7. The molecule has 1 aromatic carbocycles. The van der Waals surface area contributed by atoms with Crippen molar-refractivity contribution < 1.29 is 9.59 Å². The van der Waals surface area contributed by atoms with Crippen molar-refractivity contribution in [2.45, 2.75) is 46.1 Å². The maximum absolute atomic E-state index is 12.7. The molecule has 30 heavy (non-hydrogen) atoms. The predicted molar refractivity (Wildman–Crippen MR) is 120 cm³/mol. The first-order chi connectivity index (χ1) is 14.5. The number of hydrogen-bond donors (Lipinski definition) is 2. The molecule has 3 atom stereocenters. The van der Waals surface area contributed by atoms with E-state index in [2.05, 4.69) is 43.2 Å². The van der Waals surface area contributed by atoms with E-state index in [-0.39, 0.29) is 11.8 Å². The number of unbranched alkanes of at least 4 members (excludes halogenated alkanes) is 1. The van der Waals surface area contributed by atoms with Crippen LogP contribution in [-0.2, 0) is 11.3 Å². The fourth-order valence-electron chi connectivity index (χ4n) is 3.79. The Labute approximate surface area is 178 Å². The van der Waals surface area contributed by atoms with Crippen LogP contribution in [-0.4, -0.2) is 17.5 Å². The number of amides is 2. The second kappa shape index (κ2) is 10.1. The molecule has 0 fully saturated rings. The average Bonchev–Trinajstić information content (AvgIpc) is 2.90. The van der Waals surface area contributed by atoms with Crippen molar-refractivity contribution in [1.82, 2.24) is 5.32 Å². The van der Waals surface area contributed by atoms with Gasteiger partial charge < -0.3 is 11.1 Å². The molecule has 5 nitrogen and oxygen atoms in total. The summed E-state index contributed by atoms with van der Waals surface area (Å²) in [5.41, 5.74) is 8.09. The predicted octanol–water partition coefficient (Wildman–Crippen LogP) is 3.76. The fraction of sp³-hybridized carbons (Fsp3) is 0.400. The van der Waals surface area contributed by atoms with Gasteiger partial charge in [0.25, 0.3) is 5.91 Å². The third-order valence-electron chi connectivity index (χ3n) is 5.53. The second-order valence-electron chi connectivity index (χ2n) is 7.91. The molecule has 3 rings (SSSR count). The molecule has 0 aromatic heterocycles. The molecule has 3 unspecified atom stereocenters. The number of nitrogens with one attached hydrogen (secondary N) is 1. The van der Waals surface area contributed by atoms with Gasteiger partial charge in [0.1, 0.15) is 5.70 Å². The highest BCUT2D eigenvalue weighted by Crippen LogP contribution is 2.31. The molecule has 1 aliphatic carbocycles. The Balaban J connectivity index is 1.68. The van der Waals surface area contributed by atoms with Crippen LogP contribution < -0.4 is 11.1 Å². The molecule has 0 saturated carbocycles. The lowest BCUT2D eigenvalue weighted by Gasteiger charge is -2.25. The molecular weight excluding hydrogens is 374 g/mol. The van der Waals surface area contributed by atoms with E-state index in [4.69, 9.17) is 10.7 Å². The molecule has 3 N–H and O–H groups in total. The second-order valence-corrected chi connectivity index (χ2v) is 7.91. The SMILES string of the molecule is CCCC#CC1C=CC(C)C2CC=C(C(=O)NCc3cccc(C(N)=O)c3)N=C2C1. The highest BCUT2D eigenvalue weighted by atomic mass is 16.2. The standard InChI is InChI=1S/C25H29N3O2/c1-3-4-5-7-18-11-10-17(2)21-12-13-22(28-23(21)15-18)25(30)27-16-19-8-6-9-20(14-19)24(26)29/h6,8-11,13-14,17-18,21H,3-4,12,15-16H2,1-2H3,(H2,26,29)(H,27,30). The van der Waals surface area contributed by atoms with Gasteiger partial charge in [0.05, 0.1) is 0 Å². The van der Waals surface area contributed by atoms with E-state index in [9.17, 15) is 9.59 Å². The van der Waals surface area contributed by atoms with Gasteiger partial charge in [0.15, 0.2) is 0 Å². The first kappa shape index (κ1) is 21.6. The zero-order valence-electron chi connectivity index (χ0n) is 17.7. The summed E-state index contributed by atoms with van der Waals surface area (Å²) in [6, 6.07) is 6.95. The third-order valence-corrected chi connectivity index (χ3v) is 5.53. The van der Waals surface area contributed by atoms with Gasteiger partial charge in [-0.3, -0.25) is 14.6 Å². The summed E-state index contributed by atoms with van der Waals surface area (Å²) in [4.78, 5) is 28.8. The highest BCUT2D eigenvalue weighted by molar-refractivity contribution is 6.00. The Morgan fingerprint density at radius 1 is 1.30 bits per heavy atom. The minimum atomic E-state index is -0.483. The zero-order chi connectivity index (χ0) is 21.5. The number of primary amides is 1. The number of carbonyl (C=O) groups is 2. The minimum absolute atomic E-state index is 0.154. The number of nitrogens with two attached hydrogens (primary N) is 1. The molecule has 0 bridgehead atoms. The highest BCUT2D eigenvalue weighted by Gasteiger charge is 2.29. The summed E-state index contributed by atoms with van der Waals surface area (Å²) in [5, 5.41) is 2.90. The Morgan fingerprint density at radius 3 is 2.90 bits per heavy atom. The monoisotopic (exact) mass is 403 g/mol. The molecule has 1 heterocycles. The maximum Gasteiger partial charge on any atom is 0.269 e. The van der Waals surface area contributed by atoms with Crippen molar-refractivity contribution in [2.24, 2.45) is 28.5 Å². The van der Waals surface area contributed by atoms with E-state index in [1.165, 1.54) is 0 Å². The molecule has 156 valence electrons. The lowest BCUT2D eigenvalue weighted by atomic mass is 9.84. The van der Waals surface area contributed by atoms with Crippen molar-refractivity contribution in [3.05, 3.63) is 59.3 Å². The van der Waals surface area contributed by atoms with Crippen molar-refractivity contribution in [3.8, 4) is 11.8 Å². The Hall–Kier alpha value is -3.13. The van der Waals surface area contributed by atoms with Crippen LogP contribution in [0, 0.1) is 29.6 Å². The van der Waals surface area contributed by atoms with E-state index in [0.29, 0.717) is 29.6 Å². The molecule has 0 spiro atoms. The van der Waals surface area contributed by atoms with Gasteiger partial charge in [-0.25, -0.2) is 0 Å². The third kappa shape index (κ3) is 5.48. The summed E-state index contributed by atoms with van der Waals surface area (Å²) in [6.07, 6.45) is 9.89. The van der Waals surface area contributed by atoms with Gasteiger partial charge in [0.2, 0.25) is 5.91 Å². The number of nitrogens with zero attached hydrogens (tertiary/aromatic N) is 1. The van der Waals surface area contributed by atoms with E-state index >= 15 is 0 Å². The largest absolute Gasteiger partial charge is 0.366 e. The molecule has 5 heteroatoms. The molecule has 2 aliphatic rings.